The Labute approximate surface area is 175 Å². The van der Waals surface area contributed by atoms with E-state index in [0.29, 0.717) is 33.9 Å². The number of carbonyl (C=O) groups excluding carboxylic acids is 2. The Bertz CT molecular complexity index is 820. The second kappa shape index (κ2) is 9.75. The molecule has 0 radical (unpaired) electrons. The number of hydrogen-bond donors (Lipinski definition) is 0. The van der Waals surface area contributed by atoms with E-state index in [-0.39, 0.29) is 11.8 Å². The van der Waals surface area contributed by atoms with Crippen LogP contribution in [0, 0.1) is 0 Å². The smallest absolute Gasteiger partial charge is 0.266 e. The molecular formula is C20H24N2O4S2. The number of nitrogens with zero attached hydrogens (tertiary/aromatic N) is 2. The van der Waals surface area contributed by atoms with Crippen LogP contribution < -0.4 is 9.47 Å². The van der Waals surface area contributed by atoms with Crippen LogP contribution in [0.25, 0.3) is 6.08 Å². The van der Waals surface area contributed by atoms with Gasteiger partial charge in [0.05, 0.1) is 11.5 Å². The summed E-state index contributed by atoms with van der Waals surface area (Å²) in [4.78, 5) is 28.1. The van der Waals surface area contributed by atoms with E-state index < -0.39 is 6.10 Å². The van der Waals surface area contributed by atoms with Gasteiger partial charge in [0, 0.05) is 20.6 Å². The summed E-state index contributed by atoms with van der Waals surface area (Å²) in [6, 6.07) is 5.33. The molecule has 1 aromatic rings. The number of hydrogen-bond acceptors (Lipinski definition) is 6. The van der Waals surface area contributed by atoms with Crippen LogP contribution in [0.2, 0.25) is 0 Å². The van der Waals surface area contributed by atoms with Crippen LogP contribution in [0.1, 0.15) is 19.4 Å². The number of carbonyl (C=O) groups is 2. The number of rotatable bonds is 8. The van der Waals surface area contributed by atoms with Crippen LogP contribution in [0.15, 0.2) is 35.8 Å². The Morgan fingerprint density at radius 1 is 1.39 bits per heavy atom. The van der Waals surface area contributed by atoms with Crippen LogP contribution in [0.4, 0.5) is 0 Å². The van der Waals surface area contributed by atoms with Crippen LogP contribution in [0.3, 0.4) is 0 Å². The van der Waals surface area contributed by atoms with E-state index in [1.807, 2.05) is 13.0 Å². The van der Waals surface area contributed by atoms with Gasteiger partial charge in [-0.2, -0.15) is 0 Å². The Kier molecular flexibility index (Phi) is 7.65. The topological polar surface area (TPSA) is 59.1 Å². The van der Waals surface area contributed by atoms with E-state index in [0.717, 1.165) is 5.56 Å². The summed E-state index contributed by atoms with van der Waals surface area (Å²) >= 11 is 6.51. The summed E-state index contributed by atoms with van der Waals surface area (Å²) in [5.41, 5.74) is 0.779. The van der Waals surface area contributed by atoms with E-state index in [1.165, 1.54) is 21.6 Å². The summed E-state index contributed by atoms with van der Waals surface area (Å²) in [5.74, 6) is 0.702. The Balaban J connectivity index is 2.27. The van der Waals surface area contributed by atoms with Crippen molar-refractivity contribution in [2.24, 2.45) is 0 Å². The summed E-state index contributed by atoms with van der Waals surface area (Å²) in [5, 5.41) is 0. The fraction of sp³-hybridized carbons (Fsp3) is 0.350. The summed E-state index contributed by atoms with van der Waals surface area (Å²) in [6.07, 6.45) is 2.77. The van der Waals surface area contributed by atoms with Crippen molar-refractivity contribution in [2.45, 2.75) is 20.0 Å². The fourth-order valence-corrected chi connectivity index (χ4v) is 3.80. The molecular weight excluding hydrogens is 396 g/mol. The molecule has 2 rings (SSSR count). The molecule has 6 nitrogen and oxygen atoms in total. The van der Waals surface area contributed by atoms with Crippen molar-refractivity contribution in [3.8, 4) is 11.5 Å². The van der Waals surface area contributed by atoms with Crippen molar-refractivity contribution < 1.29 is 19.1 Å². The highest BCUT2D eigenvalue weighted by Gasteiger charge is 2.31. The van der Waals surface area contributed by atoms with E-state index in [9.17, 15) is 9.59 Å². The number of likely N-dealkylation sites (N-methyl/N-ethyl adjacent to an activating group) is 1. The molecule has 1 unspecified atom stereocenters. The maximum Gasteiger partial charge on any atom is 0.266 e. The minimum Gasteiger partial charge on any atom is -0.490 e. The molecule has 1 heterocycles. The van der Waals surface area contributed by atoms with E-state index >= 15 is 0 Å². The third-order valence-electron chi connectivity index (χ3n) is 3.84. The zero-order valence-electron chi connectivity index (χ0n) is 16.4. The molecule has 8 heteroatoms. The lowest BCUT2D eigenvalue weighted by Gasteiger charge is -2.20. The van der Waals surface area contributed by atoms with Crippen LogP contribution >= 0.6 is 24.0 Å². The Hall–Kier alpha value is -2.32. The maximum atomic E-state index is 12.5. The van der Waals surface area contributed by atoms with Gasteiger partial charge in [-0.1, -0.05) is 36.1 Å². The normalized spacial score (nSPS) is 16.3. The molecule has 0 bridgehead atoms. The first-order chi connectivity index (χ1) is 13.3. The molecule has 0 saturated carbocycles. The van der Waals surface area contributed by atoms with Crippen molar-refractivity contribution in [3.05, 3.63) is 41.3 Å². The number of amides is 2. The standard InChI is InChI=1S/C20H24N2O4S2/c1-6-10-22-19(24)17(28-20(22)27)12-14-8-9-15(16(11-14)25-7-2)26-13(3)18(23)21(4)5/h6,8-9,11-13H,1,7,10H2,2-5H3/b17-12-. The third kappa shape index (κ3) is 5.14. The lowest BCUT2D eigenvalue weighted by molar-refractivity contribution is -0.135. The van der Waals surface area contributed by atoms with Crippen LogP contribution in [-0.4, -0.2) is 59.3 Å². The minimum absolute atomic E-state index is 0.140. The summed E-state index contributed by atoms with van der Waals surface area (Å²) in [6.45, 7) is 8.04. The lowest BCUT2D eigenvalue weighted by atomic mass is 10.1. The first-order valence-electron chi connectivity index (χ1n) is 8.79. The van der Waals surface area contributed by atoms with Gasteiger partial charge >= 0.3 is 0 Å². The SMILES string of the molecule is C=CCN1C(=O)/C(=C/c2ccc(OC(C)C(=O)N(C)C)c(OCC)c2)SC1=S. The zero-order valence-corrected chi connectivity index (χ0v) is 18.1. The molecule has 1 aliphatic rings. The molecule has 1 fully saturated rings. The summed E-state index contributed by atoms with van der Waals surface area (Å²) < 4.78 is 12.0. The third-order valence-corrected chi connectivity index (χ3v) is 5.22. The van der Waals surface area contributed by atoms with Gasteiger partial charge < -0.3 is 14.4 Å². The molecule has 0 N–H and O–H groups in total. The highest BCUT2D eigenvalue weighted by atomic mass is 32.2. The van der Waals surface area contributed by atoms with Gasteiger partial charge in [-0.3, -0.25) is 14.5 Å². The molecule has 0 aromatic heterocycles. The molecule has 150 valence electrons. The molecule has 1 atom stereocenters. The van der Waals surface area contributed by atoms with Crippen LogP contribution in [0.5, 0.6) is 11.5 Å². The van der Waals surface area contributed by atoms with Crippen molar-refractivity contribution in [3.63, 3.8) is 0 Å². The van der Waals surface area contributed by atoms with E-state index in [1.54, 1.807) is 45.3 Å². The number of ether oxygens (including phenoxy) is 2. The Morgan fingerprint density at radius 2 is 2.11 bits per heavy atom. The van der Waals surface area contributed by atoms with Crippen molar-refractivity contribution in [2.75, 3.05) is 27.2 Å². The van der Waals surface area contributed by atoms with Gasteiger partial charge in [0.25, 0.3) is 11.8 Å². The average Bonchev–Trinajstić information content (AvgIpc) is 2.91. The molecule has 0 spiro atoms. The Morgan fingerprint density at radius 3 is 2.71 bits per heavy atom. The molecule has 1 aliphatic heterocycles. The predicted molar refractivity (Wildman–Crippen MR) is 116 cm³/mol. The highest BCUT2D eigenvalue weighted by Crippen LogP contribution is 2.35. The second-order valence-electron chi connectivity index (χ2n) is 6.21. The number of thiocarbonyl (C=S) groups is 1. The first-order valence-corrected chi connectivity index (χ1v) is 10.0. The quantitative estimate of drug-likeness (QED) is 0.365. The van der Waals surface area contributed by atoms with Gasteiger partial charge in [0.15, 0.2) is 17.6 Å². The van der Waals surface area contributed by atoms with E-state index in [2.05, 4.69) is 6.58 Å². The molecule has 2 amide bonds. The molecule has 1 saturated heterocycles. The van der Waals surface area contributed by atoms with E-state index in [4.69, 9.17) is 21.7 Å². The van der Waals surface area contributed by atoms with Gasteiger partial charge in [-0.15, -0.1) is 6.58 Å². The number of thioether (sulfide) groups is 1. The average molecular weight is 421 g/mol. The highest BCUT2D eigenvalue weighted by molar-refractivity contribution is 8.26. The monoisotopic (exact) mass is 420 g/mol. The molecule has 1 aromatic carbocycles. The second-order valence-corrected chi connectivity index (χ2v) is 7.89. The lowest BCUT2D eigenvalue weighted by Crippen LogP contribution is -2.35. The minimum atomic E-state index is -0.643. The zero-order chi connectivity index (χ0) is 20.8. The van der Waals surface area contributed by atoms with Crippen LogP contribution in [-0.2, 0) is 9.59 Å². The van der Waals surface area contributed by atoms with Gasteiger partial charge in [-0.25, -0.2) is 0 Å². The van der Waals surface area contributed by atoms with Gasteiger partial charge in [-0.05, 0) is 37.6 Å². The molecule has 28 heavy (non-hydrogen) atoms. The molecule has 0 aliphatic carbocycles. The number of benzene rings is 1. The largest absolute Gasteiger partial charge is 0.490 e. The van der Waals surface area contributed by atoms with Gasteiger partial charge in [0.2, 0.25) is 0 Å². The predicted octanol–water partition coefficient (Wildman–Crippen LogP) is 3.33. The van der Waals surface area contributed by atoms with Gasteiger partial charge in [0.1, 0.15) is 4.32 Å². The summed E-state index contributed by atoms with van der Waals surface area (Å²) in [7, 11) is 3.36. The maximum absolute atomic E-state index is 12.5. The fourth-order valence-electron chi connectivity index (χ4n) is 2.52. The van der Waals surface area contributed by atoms with Crippen molar-refractivity contribution in [1.29, 1.82) is 0 Å². The van der Waals surface area contributed by atoms with Crippen molar-refractivity contribution >= 4 is 46.2 Å². The van der Waals surface area contributed by atoms with Crippen molar-refractivity contribution in [1.82, 2.24) is 9.80 Å². The first kappa shape index (κ1) is 22.0.